The average molecular weight is 307 g/mol. The Balaban J connectivity index is 2.19. The molecule has 2 rings (SSSR count). The summed E-state index contributed by atoms with van der Waals surface area (Å²) < 4.78 is 13.3. The number of aromatic nitrogens is 1. The van der Waals surface area contributed by atoms with Gasteiger partial charge in [0.1, 0.15) is 10.8 Å². The normalized spacial score (nSPS) is 9.95. The molecule has 1 heterocycles. The van der Waals surface area contributed by atoms with E-state index in [2.05, 4.69) is 16.8 Å². The van der Waals surface area contributed by atoms with E-state index in [0.717, 1.165) is 10.6 Å². The van der Waals surface area contributed by atoms with Crippen molar-refractivity contribution >= 4 is 23.4 Å². The molecule has 0 atom stereocenters. The minimum atomic E-state index is -0.309. The van der Waals surface area contributed by atoms with Crippen LogP contribution < -0.4 is 5.73 Å². The first-order valence-electron chi connectivity index (χ1n) is 5.91. The lowest BCUT2D eigenvalue weighted by Crippen LogP contribution is -1.95. The van der Waals surface area contributed by atoms with Gasteiger partial charge >= 0.3 is 0 Å². The Labute approximate surface area is 126 Å². The van der Waals surface area contributed by atoms with E-state index in [-0.39, 0.29) is 12.4 Å². The number of hydrogen-bond acceptors (Lipinski definition) is 3. The number of hydrogen-bond donors (Lipinski definition) is 1. The number of pyridine rings is 1. The largest absolute Gasteiger partial charge is 0.320 e. The Kier molecular flexibility index (Phi) is 5.42. The van der Waals surface area contributed by atoms with E-state index in [9.17, 15) is 4.39 Å². The maximum absolute atomic E-state index is 13.3. The van der Waals surface area contributed by atoms with Crippen LogP contribution >= 0.6 is 23.4 Å². The fourth-order valence-electron chi connectivity index (χ4n) is 1.56. The predicted octanol–water partition coefficient (Wildman–Crippen LogP) is 3.48. The van der Waals surface area contributed by atoms with Crippen molar-refractivity contribution in [1.82, 2.24) is 4.98 Å². The number of rotatable bonds is 3. The first-order chi connectivity index (χ1) is 9.70. The molecule has 0 radical (unpaired) electrons. The molecule has 0 amide bonds. The summed E-state index contributed by atoms with van der Waals surface area (Å²) in [5.74, 6) is 5.93. The first-order valence-corrected chi connectivity index (χ1v) is 7.27. The molecule has 5 heteroatoms. The van der Waals surface area contributed by atoms with Crippen molar-refractivity contribution in [1.29, 1.82) is 0 Å². The molecule has 0 aliphatic carbocycles. The van der Waals surface area contributed by atoms with Crippen LogP contribution in [0.1, 0.15) is 11.1 Å². The quantitative estimate of drug-likeness (QED) is 0.697. The molecule has 2 nitrogen and oxygen atoms in total. The van der Waals surface area contributed by atoms with Crippen LogP contribution in [0.5, 0.6) is 0 Å². The van der Waals surface area contributed by atoms with Crippen LogP contribution in [0.2, 0.25) is 5.02 Å². The molecule has 2 aromatic rings. The lowest BCUT2D eigenvalue weighted by Gasteiger charge is -2.05. The topological polar surface area (TPSA) is 38.9 Å². The van der Waals surface area contributed by atoms with Gasteiger partial charge < -0.3 is 5.73 Å². The van der Waals surface area contributed by atoms with E-state index in [1.807, 2.05) is 0 Å². The van der Waals surface area contributed by atoms with Crippen LogP contribution in [-0.4, -0.2) is 11.5 Å². The van der Waals surface area contributed by atoms with Crippen molar-refractivity contribution in [2.24, 2.45) is 5.73 Å². The monoisotopic (exact) mass is 306 g/mol. The van der Waals surface area contributed by atoms with Gasteiger partial charge in [0.25, 0.3) is 0 Å². The number of halogens is 2. The molecular weight excluding hydrogens is 295 g/mol. The molecule has 0 spiro atoms. The molecular formula is C15H12ClFN2S. The summed E-state index contributed by atoms with van der Waals surface area (Å²) in [6.07, 6.45) is 1.69. The molecule has 0 aliphatic heterocycles. The Morgan fingerprint density at radius 3 is 2.95 bits per heavy atom. The van der Waals surface area contributed by atoms with Crippen molar-refractivity contribution in [3.8, 4) is 11.8 Å². The molecule has 1 aromatic carbocycles. The summed E-state index contributed by atoms with van der Waals surface area (Å²) >= 11 is 7.54. The van der Waals surface area contributed by atoms with Gasteiger partial charge in [-0.3, -0.25) is 0 Å². The maximum Gasteiger partial charge on any atom is 0.124 e. The molecule has 0 unspecified atom stereocenters. The molecule has 0 aliphatic rings. The van der Waals surface area contributed by atoms with Gasteiger partial charge in [0, 0.05) is 17.5 Å². The van der Waals surface area contributed by atoms with Gasteiger partial charge in [0.05, 0.1) is 11.6 Å². The highest BCUT2D eigenvalue weighted by atomic mass is 35.5. The number of thioether (sulfide) groups is 1. The highest BCUT2D eigenvalue weighted by Gasteiger charge is 2.06. The van der Waals surface area contributed by atoms with Gasteiger partial charge in [-0.2, -0.15) is 0 Å². The third-order valence-electron chi connectivity index (χ3n) is 2.49. The molecule has 2 N–H and O–H groups in total. The molecule has 0 fully saturated rings. The summed E-state index contributed by atoms with van der Waals surface area (Å²) in [4.78, 5) is 4.20. The predicted molar refractivity (Wildman–Crippen MR) is 81.1 cm³/mol. The van der Waals surface area contributed by atoms with E-state index in [1.54, 1.807) is 24.4 Å². The van der Waals surface area contributed by atoms with Crippen LogP contribution in [0, 0.1) is 17.7 Å². The Morgan fingerprint density at radius 2 is 2.20 bits per heavy atom. The molecule has 102 valence electrons. The second kappa shape index (κ2) is 7.30. The van der Waals surface area contributed by atoms with Gasteiger partial charge in [-0.05, 0) is 29.8 Å². The van der Waals surface area contributed by atoms with Crippen LogP contribution in [-0.2, 0) is 5.75 Å². The zero-order chi connectivity index (χ0) is 14.4. The smallest absolute Gasteiger partial charge is 0.124 e. The number of nitrogens with zero attached hydrogens (tertiary/aromatic N) is 1. The molecule has 1 aromatic heterocycles. The van der Waals surface area contributed by atoms with Crippen LogP contribution in [0.15, 0.2) is 41.6 Å². The third kappa shape index (κ3) is 3.97. The summed E-state index contributed by atoms with van der Waals surface area (Å²) in [5, 5.41) is 1.35. The van der Waals surface area contributed by atoms with E-state index < -0.39 is 0 Å². The minimum Gasteiger partial charge on any atom is -0.320 e. The fourth-order valence-corrected chi connectivity index (χ4v) is 2.73. The van der Waals surface area contributed by atoms with Crippen molar-refractivity contribution < 1.29 is 4.39 Å². The second-order valence-electron chi connectivity index (χ2n) is 3.89. The maximum atomic E-state index is 13.3. The van der Waals surface area contributed by atoms with Crippen LogP contribution in [0.25, 0.3) is 0 Å². The minimum absolute atomic E-state index is 0.245. The first kappa shape index (κ1) is 14.9. The average Bonchev–Trinajstić information content (AvgIpc) is 2.45. The van der Waals surface area contributed by atoms with E-state index in [0.29, 0.717) is 16.3 Å². The van der Waals surface area contributed by atoms with Crippen molar-refractivity contribution in [2.75, 3.05) is 6.54 Å². The van der Waals surface area contributed by atoms with E-state index in [1.165, 1.54) is 23.9 Å². The SMILES string of the molecule is NCC#Cc1cc(F)ccc1CSc1ncccc1Cl. The van der Waals surface area contributed by atoms with Gasteiger partial charge in [0.2, 0.25) is 0 Å². The summed E-state index contributed by atoms with van der Waals surface area (Å²) in [5.41, 5.74) is 6.93. The van der Waals surface area contributed by atoms with Gasteiger partial charge in [0.15, 0.2) is 0 Å². The second-order valence-corrected chi connectivity index (χ2v) is 5.26. The Hall–Kier alpha value is -1.54. The molecule has 0 saturated carbocycles. The summed E-state index contributed by atoms with van der Waals surface area (Å²) in [7, 11) is 0. The third-order valence-corrected chi connectivity index (χ3v) is 3.96. The van der Waals surface area contributed by atoms with Gasteiger partial charge in [-0.1, -0.05) is 29.5 Å². The molecule has 0 bridgehead atoms. The summed E-state index contributed by atoms with van der Waals surface area (Å²) in [6, 6.07) is 8.13. The fraction of sp³-hybridized carbons (Fsp3) is 0.133. The highest BCUT2D eigenvalue weighted by Crippen LogP contribution is 2.28. The molecule has 20 heavy (non-hydrogen) atoms. The zero-order valence-electron chi connectivity index (χ0n) is 10.6. The van der Waals surface area contributed by atoms with E-state index in [4.69, 9.17) is 17.3 Å². The number of nitrogens with two attached hydrogens (primary N) is 1. The number of benzene rings is 1. The van der Waals surface area contributed by atoms with Crippen LogP contribution in [0.4, 0.5) is 4.39 Å². The van der Waals surface area contributed by atoms with Crippen molar-refractivity contribution in [2.45, 2.75) is 10.8 Å². The molecule has 0 saturated heterocycles. The standard InChI is InChI=1S/C15H12ClFN2S/c16-14-4-2-8-19-15(14)20-10-12-5-6-13(17)9-11(12)3-1-7-18/h2,4-6,8-9H,7,10,18H2. The highest BCUT2D eigenvalue weighted by molar-refractivity contribution is 7.98. The zero-order valence-corrected chi connectivity index (χ0v) is 12.1. The summed E-state index contributed by atoms with van der Waals surface area (Å²) in [6.45, 7) is 0.245. The lowest BCUT2D eigenvalue weighted by atomic mass is 10.1. The lowest BCUT2D eigenvalue weighted by molar-refractivity contribution is 0.627. The van der Waals surface area contributed by atoms with Gasteiger partial charge in [-0.15, -0.1) is 11.8 Å². The van der Waals surface area contributed by atoms with Crippen molar-refractivity contribution in [3.05, 3.63) is 58.5 Å². The Morgan fingerprint density at radius 1 is 1.35 bits per heavy atom. The Bertz CT molecular complexity index is 664. The van der Waals surface area contributed by atoms with Crippen LogP contribution in [0.3, 0.4) is 0 Å². The van der Waals surface area contributed by atoms with E-state index >= 15 is 0 Å². The van der Waals surface area contributed by atoms with Gasteiger partial charge in [-0.25, -0.2) is 9.37 Å². The van der Waals surface area contributed by atoms with Crippen molar-refractivity contribution in [3.63, 3.8) is 0 Å².